The van der Waals surface area contributed by atoms with E-state index in [0.717, 1.165) is 11.1 Å². The van der Waals surface area contributed by atoms with Crippen molar-refractivity contribution in [3.63, 3.8) is 0 Å². The van der Waals surface area contributed by atoms with Gasteiger partial charge in [-0.25, -0.2) is 0 Å². The monoisotopic (exact) mass is 378 g/mol. The number of amides is 4. The van der Waals surface area contributed by atoms with Crippen molar-refractivity contribution in [1.82, 2.24) is 20.5 Å². The number of aromatic nitrogens is 1. The first-order chi connectivity index (χ1) is 13.5. The van der Waals surface area contributed by atoms with Gasteiger partial charge in [-0.2, -0.15) is 0 Å². The normalized spacial score (nSPS) is 18.6. The van der Waals surface area contributed by atoms with Gasteiger partial charge >= 0.3 is 0 Å². The lowest BCUT2D eigenvalue weighted by Crippen LogP contribution is -2.52. The Bertz CT molecular complexity index is 973. The van der Waals surface area contributed by atoms with E-state index in [1.165, 1.54) is 4.90 Å². The Morgan fingerprint density at radius 3 is 2.82 bits per heavy atom. The standard InChI is InChI=1S/C20H18N4O4/c25-17-7-6-16(19(27)23-17)24-11-13-9-12(4-5-14(13)20(24)28)10-22-18(26)15-3-1-2-8-21-15/h1-5,8-9,16H,6-7,10-11H2,(H,22,26)(H,23,25,27). The van der Waals surface area contributed by atoms with E-state index < -0.39 is 11.9 Å². The minimum absolute atomic E-state index is 0.214. The van der Waals surface area contributed by atoms with E-state index in [0.29, 0.717) is 30.8 Å². The fraction of sp³-hybridized carbons (Fsp3) is 0.250. The van der Waals surface area contributed by atoms with Gasteiger partial charge in [0.1, 0.15) is 11.7 Å². The quantitative estimate of drug-likeness (QED) is 0.764. The molecule has 2 N–H and O–H groups in total. The molecule has 0 bridgehead atoms. The SMILES string of the molecule is O=C1CCC(N2Cc3cc(CNC(=O)c4ccccn4)ccc3C2=O)C(=O)N1. The molecule has 3 heterocycles. The maximum atomic E-state index is 12.7. The number of benzene rings is 1. The Morgan fingerprint density at radius 1 is 1.21 bits per heavy atom. The minimum Gasteiger partial charge on any atom is -0.347 e. The smallest absolute Gasteiger partial charge is 0.270 e. The van der Waals surface area contributed by atoms with Crippen LogP contribution in [0.15, 0.2) is 42.6 Å². The zero-order valence-electron chi connectivity index (χ0n) is 15.0. The molecule has 4 amide bonds. The third-order valence-corrected chi connectivity index (χ3v) is 4.94. The molecular formula is C20H18N4O4. The Kier molecular flexibility index (Phi) is 4.60. The van der Waals surface area contributed by atoms with E-state index in [1.54, 1.807) is 36.5 Å². The number of hydrogen-bond acceptors (Lipinski definition) is 5. The fourth-order valence-corrected chi connectivity index (χ4v) is 3.51. The third-order valence-electron chi connectivity index (χ3n) is 4.94. The van der Waals surface area contributed by atoms with Gasteiger partial charge in [0.05, 0.1) is 0 Å². The zero-order chi connectivity index (χ0) is 19.7. The first kappa shape index (κ1) is 17.8. The number of nitrogens with zero attached hydrogens (tertiary/aromatic N) is 2. The highest BCUT2D eigenvalue weighted by atomic mass is 16.2. The molecule has 142 valence electrons. The van der Waals surface area contributed by atoms with Gasteiger partial charge in [-0.05, 0) is 35.7 Å². The number of rotatable bonds is 4. The molecule has 8 heteroatoms. The second kappa shape index (κ2) is 7.22. The van der Waals surface area contributed by atoms with Crippen LogP contribution >= 0.6 is 0 Å². The molecule has 2 aromatic rings. The van der Waals surface area contributed by atoms with Gasteiger partial charge in [0, 0.05) is 31.3 Å². The van der Waals surface area contributed by atoms with E-state index in [-0.39, 0.29) is 24.1 Å². The van der Waals surface area contributed by atoms with Crippen molar-refractivity contribution in [3.8, 4) is 0 Å². The van der Waals surface area contributed by atoms with Gasteiger partial charge in [-0.15, -0.1) is 0 Å². The molecular weight excluding hydrogens is 360 g/mol. The molecule has 8 nitrogen and oxygen atoms in total. The zero-order valence-corrected chi connectivity index (χ0v) is 15.0. The van der Waals surface area contributed by atoms with Gasteiger partial charge in [0.15, 0.2) is 0 Å². The lowest BCUT2D eigenvalue weighted by molar-refractivity contribution is -0.136. The van der Waals surface area contributed by atoms with Crippen LogP contribution in [0.1, 0.15) is 44.8 Å². The molecule has 2 aliphatic rings. The van der Waals surface area contributed by atoms with Gasteiger partial charge in [0.2, 0.25) is 11.8 Å². The predicted molar refractivity (Wildman–Crippen MR) is 97.9 cm³/mol. The van der Waals surface area contributed by atoms with E-state index in [1.807, 2.05) is 6.07 Å². The topological polar surface area (TPSA) is 108 Å². The third kappa shape index (κ3) is 3.36. The van der Waals surface area contributed by atoms with Gasteiger partial charge in [-0.3, -0.25) is 29.5 Å². The Hall–Kier alpha value is -3.55. The molecule has 1 aromatic carbocycles. The minimum atomic E-state index is -0.634. The van der Waals surface area contributed by atoms with Crippen LogP contribution in [0.2, 0.25) is 0 Å². The van der Waals surface area contributed by atoms with Gasteiger partial charge < -0.3 is 10.2 Å². The number of nitrogens with one attached hydrogen (secondary N) is 2. The fourth-order valence-electron chi connectivity index (χ4n) is 3.51. The van der Waals surface area contributed by atoms with Crippen LogP contribution in [0.4, 0.5) is 0 Å². The summed E-state index contributed by atoms with van der Waals surface area (Å²) in [6.45, 7) is 0.609. The largest absolute Gasteiger partial charge is 0.347 e. The molecule has 0 radical (unpaired) electrons. The number of imide groups is 1. The van der Waals surface area contributed by atoms with Crippen LogP contribution in [0.5, 0.6) is 0 Å². The summed E-state index contributed by atoms with van der Waals surface area (Å²) in [5, 5.41) is 5.09. The van der Waals surface area contributed by atoms with Crippen LogP contribution in [0.25, 0.3) is 0 Å². The molecule has 1 fully saturated rings. The van der Waals surface area contributed by atoms with E-state index in [9.17, 15) is 19.2 Å². The Labute approximate surface area is 160 Å². The molecule has 0 aliphatic carbocycles. The first-order valence-electron chi connectivity index (χ1n) is 8.98. The Morgan fingerprint density at radius 2 is 2.07 bits per heavy atom. The maximum absolute atomic E-state index is 12.7. The van der Waals surface area contributed by atoms with Crippen molar-refractivity contribution in [3.05, 3.63) is 65.0 Å². The lowest BCUT2D eigenvalue weighted by Gasteiger charge is -2.29. The molecule has 0 saturated carbocycles. The van der Waals surface area contributed by atoms with Crippen LogP contribution < -0.4 is 10.6 Å². The van der Waals surface area contributed by atoms with Gasteiger partial charge in [-0.1, -0.05) is 18.2 Å². The lowest BCUT2D eigenvalue weighted by atomic mass is 10.0. The number of pyridine rings is 1. The molecule has 1 aromatic heterocycles. The summed E-state index contributed by atoms with van der Waals surface area (Å²) in [5.74, 6) is -1.23. The van der Waals surface area contributed by atoms with E-state index in [2.05, 4.69) is 15.6 Å². The highest BCUT2D eigenvalue weighted by Gasteiger charge is 2.39. The summed E-state index contributed by atoms with van der Waals surface area (Å²) in [6.07, 6.45) is 2.11. The number of fused-ring (bicyclic) bond motifs is 1. The summed E-state index contributed by atoms with van der Waals surface area (Å²) in [4.78, 5) is 53.7. The van der Waals surface area contributed by atoms with Crippen molar-refractivity contribution in [2.75, 3.05) is 0 Å². The van der Waals surface area contributed by atoms with Crippen molar-refractivity contribution in [1.29, 1.82) is 0 Å². The molecule has 0 spiro atoms. The average Bonchev–Trinajstić information content (AvgIpc) is 3.02. The first-order valence-corrected chi connectivity index (χ1v) is 8.98. The highest BCUT2D eigenvalue weighted by Crippen LogP contribution is 2.28. The summed E-state index contributed by atoms with van der Waals surface area (Å²) in [5.41, 5.74) is 2.53. The van der Waals surface area contributed by atoms with E-state index in [4.69, 9.17) is 0 Å². The number of piperidine rings is 1. The summed E-state index contributed by atoms with van der Waals surface area (Å²) >= 11 is 0. The second-order valence-corrected chi connectivity index (χ2v) is 6.79. The number of hydrogen-bond donors (Lipinski definition) is 2. The van der Waals surface area contributed by atoms with Crippen LogP contribution in [0, 0.1) is 0 Å². The second-order valence-electron chi connectivity index (χ2n) is 6.79. The van der Waals surface area contributed by atoms with Crippen molar-refractivity contribution < 1.29 is 19.2 Å². The number of carbonyl (C=O) groups is 4. The summed E-state index contributed by atoms with van der Waals surface area (Å²) in [7, 11) is 0. The van der Waals surface area contributed by atoms with Crippen molar-refractivity contribution >= 4 is 23.6 Å². The summed E-state index contributed by atoms with van der Waals surface area (Å²) < 4.78 is 0. The molecule has 1 saturated heterocycles. The Balaban J connectivity index is 1.44. The van der Waals surface area contributed by atoms with E-state index >= 15 is 0 Å². The highest BCUT2D eigenvalue weighted by molar-refractivity contribution is 6.05. The van der Waals surface area contributed by atoms with Crippen molar-refractivity contribution in [2.45, 2.75) is 32.0 Å². The maximum Gasteiger partial charge on any atom is 0.270 e. The van der Waals surface area contributed by atoms with Crippen LogP contribution in [-0.4, -0.2) is 39.6 Å². The molecule has 1 unspecified atom stereocenters. The van der Waals surface area contributed by atoms with Crippen LogP contribution in [0.3, 0.4) is 0 Å². The average molecular weight is 378 g/mol. The number of carbonyl (C=O) groups excluding carboxylic acids is 4. The van der Waals surface area contributed by atoms with Gasteiger partial charge in [0.25, 0.3) is 11.8 Å². The molecule has 28 heavy (non-hydrogen) atoms. The molecule has 1 atom stereocenters. The van der Waals surface area contributed by atoms with Crippen molar-refractivity contribution in [2.24, 2.45) is 0 Å². The molecule has 4 rings (SSSR count). The predicted octanol–water partition coefficient (Wildman–Crippen LogP) is 0.773. The summed E-state index contributed by atoms with van der Waals surface area (Å²) in [6, 6.07) is 9.83. The van der Waals surface area contributed by atoms with Crippen LogP contribution in [-0.2, 0) is 22.7 Å². The molecule has 2 aliphatic heterocycles.